The highest BCUT2D eigenvalue weighted by molar-refractivity contribution is 5.78. The number of aromatic nitrogens is 2. The van der Waals surface area contributed by atoms with Gasteiger partial charge in [0, 0.05) is 30.9 Å². The van der Waals surface area contributed by atoms with Crippen LogP contribution in [0.1, 0.15) is 27.2 Å². The predicted molar refractivity (Wildman–Crippen MR) is 59.3 cm³/mol. The molecule has 0 aliphatic carbocycles. The van der Waals surface area contributed by atoms with Crippen LogP contribution >= 0.6 is 0 Å². The molecule has 4 heteroatoms. The maximum atomic E-state index is 11.6. The van der Waals surface area contributed by atoms with Crippen LogP contribution in [0.2, 0.25) is 0 Å². The van der Waals surface area contributed by atoms with E-state index in [-0.39, 0.29) is 17.9 Å². The first-order chi connectivity index (χ1) is 7.13. The molecule has 0 aromatic carbocycles. The molecule has 4 nitrogen and oxygen atoms in total. The summed E-state index contributed by atoms with van der Waals surface area (Å²) in [6.45, 7) is 6.73. The van der Waals surface area contributed by atoms with Crippen molar-refractivity contribution in [3.8, 4) is 0 Å². The molecule has 0 fully saturated rings. The van der Waals surface area contributed by atoms with E-state index < -0.39 is 0 Å². The normalized spacial score (nSPS) is 14.6. The predicted octanol–water partition coefficient (Wildman–Crippen LogP) is 1.43. The Balaban J connectivity index is 2.36. The smallest absolute Gasteiger partial charge is 0.223 e. The second-order valence-corrected chi connectivity index (χ2v) is 3.98. The Kier molecular flexibility index (Phi) is 4.34. The standard InChI is InChI=1S/C11H19N3O/c1-4-9(2)11(15)13-10(3)7-14-6-5-12-8-14/h5-6,8-10H,4,7H2,1-3H3,(H,13,15)/t9-,10+/m1/s1. The lowest BCUT2D eigenvalue weighted by atomic mass is 10.1. The molecule has 0 spiro atoms. The quantitative estimate of drug-likeness (QED) is 0.797. The first-order valence-corrected chi connectivity index (χ1v) is 5.39. The zero-order chi connectivity index (χ0) is 11.3. The van der Waals surface area contributed by atoms with Crippen LogP contribution in [0.15, 0.2) is 18.7 Å². The summed E-state index contributed by atoms with van der Waals surface area (Å²) in [4.78, 5) is 15.5. The van der Waals surface area contributed by atoms with Gasteiger partial charge in [-0.05, 0) is 13.3 Å². The van der Waals surface area contributed by atoms with E-state index in [1.807, 2.05) is 31.5 Å². The maximum Gasteiger partial charge on any atom is 0.223 e. The highest BCUT2D eigenvalue weighted by Gasteiger charge is 2.13. The zero-order valence-electron chi connectivity index (χ0n) is 9.60. The Bertz CT molecular complexity index is 295. The van der Waals surface area contributed by atoms with Gasteiger partial charge in [-0.1, -0.05) is 13.8 Å². The van der Waals surface area contributed by atoms with Crippen LogP contribution < -0.4 is 5.32 Å². The molecule has 15 heavy (non-hydrogen) atoms. The molecule has 1 N–H and O–H groups in total. The minimum absolute atomic E-state index is 0.0928. The second-order valence-electron chi connectivity index (χ2n) is 3.98. The molecule has 0 aliphatic heterocycles. The molecular weight excluding hydrogens is 190 g/mol. The van der Waals surface area contributed by atoms with Crippen molar-refractivity contribution in [2.75, 3.05) is 0 Å². The van der Waals surface area contributed by atoms with E-state index in [0.717, 1.165) is 13.0 Å². The first-order valence-electron chi connectivity index (χ1n) is 5.39. The van der Waals surface area contributed by atoms with Gasteiger partial charge in [-0.2, -0.15) is 0 Å². The molecule has 1 amide bonds. The van der Waals surface area contributed by atoms with Gasteiger partial charge in [0.1, 0.15) is 0 Å². The van der Waals surface area contributed by atoms with Gasteiger partial charge in [0.15, 0.2) is 0 Å². The summed E-state index contributed by atoms with van der Waals surface area (Å²) in [5.41, 5.74) is 0. The third-order valence-electron chi connectivity index (χ3n) is 2.49. The molecule has 1 aromatic heterocycles. The van der Waals surface area contributed by atoms with Crippen LogP contribution in [-0.2, 0) is 11.3 Å². The van der Waals surface area contributed by atoms with Crippen LogP contribution in [0.4, 0.5) is 0 Å². The van der Waals surface area contributed by atoms with Crippen LogP contribution in [0.3, 0.4) is 0 Å². The Hall–Kier alpha value is -1.32. The van der Waals surface area contributed by atoms with E-state index in [0.29, 0.717) is 0 Å². The topological polar surface area (TPSA) is 46.9 Å². The minimum Gasteiger partial charge on any atom is -0.352 e. The van der Waals surface area contributed by atoms with Crippen LogP contribution in [0.5, 0.6) is 0 Å². The van der Waals surface area contributed by atoms with Crippen LogP contribution in [0.25, 0.3) is 0 Å². The van der Waals surface area contributed by atoms with Crippen LogP contribution in [-0.4, -0.2) is 21.5 Å². The number of hydrogen-bond acceptors (Lipinski definition) is 2. The summed E-state index contributed by atoms with van der Waals surface area (Å²) in [5.74, 6) is 0.223. The molecule has 0 saturated heterocycles. The van der Waals surface area contributed by atoms with Gasteiger partial charge in [0.05, 0.1) is 6.33 Å². The molecule has 1 rings (SSSR count). The van der Waals surface area contributed by atoms with Gasteiger partial charge in [0.25, 0.3) is 0 Å². The van der Waals surface area contributed by atoms with E-state index >= 15 is 0 Å². The number of amides is 1. The Labute approximate surface area is 90.7 Å². The molecule has 1 aromatic rings. The highest BCUT2D eigenvalue weighted by Crippen LogP contribution is 2.01. The lowest BCUT2D eigenvalue weighted by Gasteiger charge is -2.16. The molecular formula is C11H19N3O. The third-order valence-corrected chi connectivity index (χ3v) is 2.49. The SMILES string of the molecule is CC[C@@H](C)C(=O)N[C@@H](C)Cn1ccnc1. The van der Waals surface area contributed by atoms with Crippen molar-refractivity contribution in [3.63, 3.8) is 0 Å². The minimum atomic E-state index is 0.0928. The van der Waals surface area contributed by atoms with E-state index in [1.165, 1.54) is 0 Å². The van der Waals surface area contributed by atoms with Gasteiger partial charge in [0.2, 0.25) is 5.91 Å². The van der Waals surface area contributed by atoms with Crippen LogP contribution in [0, 0.1) is 5.92 Å². The van der Waals surface area contributed by atoms with Gasteiger partial charge in [-0.25, -0.2) is 4.98 Å². The number of rotatable bonds is 5. The highest BCUT2D eigenvalue weighted by atomic mass is 16.1. The lowest BCUT2D eigenvalue weighted by molar-refractivity contribution is -0.125. The fraction of sp³-hybridized carbons (Fsp3) is 0.636. The van der Waals surface area contributed by atoms with Crippen molar-refractivity contribution < 1.29 is 4.79 Å². The van der Waals surface area contributed by atoms with Gasteiger partial charge >= 0.3 is 0 Å². The number of imidazole rings is 1. The molecule has 0 bridgehead atoms. The number of carbonyl (C=O) groups is 1. The average molecular weight is 209 g/mol. The summed E-state index contributed by atoms with van der Waals surface area (Å²) < 4.78 is 1.96. The summed E-state index contributed by atoms with van der Waals surface area (Å²) in [7, 11) is 0. The van der Waals surface area contributed by atoms with Crippen molar-refractivity contribution >= 4 is 5.91 Å². The van der Waals surface area contributed by atoms with Crippen molar-refractivity contribution in [1.29, 1.82) is 0 Å². The van der Waals surface area contributed by atoms with E-state index in [1.54, 1.807) is 12.5 Å². The maximum absolute atomic E-state index is 11.6. The average Bonchev–Trinajstić information content (AvgIpc) is 2.68. The Morgan fingerprint density at radius 3 is 2.80 bits per heavy atom. The molecule has 84 valence electrons. The van der Waals surface area contributed by atoms with Crippen molar-refractivity contribution in [2.24, 2.45) is 5.92 Å². The number of nitrogens with zero attached hydrogens (tertiary/aromatic N) is 2. The monoisotopic (exact) mass is 209 g/mol. The Morgan fingerprint density at radius 1 is 1.53 bits per heavy atom. The molecule has 1 heterocycles. The van der Waals surface area contributed by atoms with Crippen molar-refractivity contribution in [2.45, 2.75) is 39.8 Å². The van der Waals surface area contributed by atoms with Gasteiger partial charge < -0.3 is 9.88 Å². The number of carbonyl (C=O) groups excluding carboxylic acids is 1. The largest absolute Gasteiger partial charge is 0.352 e. The van der Waals surface area contributed by atoms with E-state index in [4.69, 9.17) is 0 Å². The summed E-state index contributed by atoms with van der Waals surface area (Å²) in [6, 6.07) is 0.140. The van der Waals surface area contributed by atoms with E-state index in [2.05, 4.69) is 10.3 Å². The molecule has 0 aliphatic rings. The molecule has 0 radical (unpaired) electrons. The first kappa shape index (κ1) is 11.8. The summed E-state index contributed by atoms with van der Waals surface area (Å²) in [5, 5.41) is 2.98. The molecule has 0 saturated carbocycles. The van der Waals surface area contributed by atoms with Gasteiger partial charge in [-0.15, -0.1) is 0 Å². The van der Waals surface area contributed by atoms with Gasteiger partial charge in [-0.3, -0.25) is 4.79 Å². The molecule has 0 unspecified atom stereocenters. The third kappa shape index (κ3) is 3.73. The number of hydrogen-bond donors (Lipinski definition) is 1. The molecule has 2 atom stereocenters. The second kappa shape index (κ2) is 5.53. The van der Waals surface area contributed by atoms with E-state index in [9.17, 15) is 4.79 Å². The van der Waals surface area contributed by atoms with Crippen molar-refractivity contribution in [3.05, 3.63) is 18.7 Å². The Morgan fingerprint density at radius 2 is 2.27 bits per heavy atom. The fourth-order valence-electron chi connectivity index (χ4n) is 1.33. The lowest BCUT2D eigenvalue weighted by Crippen LogP contribution is -2.38. The summed E-state index contributed by atoms with van der Waals surface area (Å²) >= 11 is 0. The summed E-state index contributed by atoms with van der Waals surface area (Å²) in [6.07, 6.45) is 6.27. The number of nitrogens with one attached hydrogen (secondary N) is 1. The zero-order valence-corrected chi connectivity index (χ0v) is 9.60. The van der Waals surface area contributed by atoms with Crippen molar-refractivity contribution in [1.82, 2.24) is 14.9 Å². The fourth-order valence-corrected chi connectivity index (χ4v) is 1.33.